The molecule has 0 fully saturated rings. The van der Waals surface area contributed by atoms with E-state index in [-0.39, 0.29) is 5.82 Å². The van der Waals surface area contributed by atoms with Gasteiger partial charge in [0.15, 0.2) is 0 Å². The van der Waals surface area contributed by atoms with Gasteiger partial charge in [0.05, 0.1) is 0 Å². The molecule has 0 radical (unpaired) electrons. The van der Waals surface area contributed by atoms with Crippen LogP contribution in [0, 0.1) is 5.82 Å². The summed E-state index contributed by atoms with van der Waals surface area (Å²) in [5.41, 5.74) is 1.20. The molecule has 2 heteroatoms. The molecule has 0 aliphatic rings. The van der Waals surface area contributed by atoms with E-state index in [9.17, 15) is 4.39 Å². The molecular weight excluding hydrogens is 237 g/mol. The van der Waals surface area contributed by atoms with E-state index in [0.717, 1.165) is 6.42 Å². The van der Waals surface area contributed by atoms with Gasteiger partial charge >= 0.3 is 0 Å². The highest BCUT2D eigenvalue weighted by atomic mass is 19.1. The fraction of sp³-hybridized carbons (Fsp3) is 0.647. The lowest BCUT2D eigenvalue weighted by Gasteiger charge is -2.23. The molecule has 0 bridgehead atoms. The van der Waals surface area contributed by atoms with Crippen LogP contribution in [-0.4, -0.2) is 12.1 Å². The van der Waals surface area contributed by atoms with Crippen LogP contribution < -0.4 is 5.32 Å². The summed E-state index contributed by atoms with van der Waals surface area (Å²) in [5.74, 6) is -0.156. The van der Waals surface area contributed by atoms with Crippen LogP contribution >= 0.6 is 0 Å². The summed E-state index contributed by atoms with van der Waals surface area (Å²) in [6.45, 7) is 6.70. The summed E-state index contributed by atoms with van der Waals surface area (Å²) in [5, 5.41) is 3.72. The Balaban J connectivity index is 2.42. The molecule has 0 saturated carbocycles. The van der Waals surface area contributed by atoms with Crippen LogP contribution in [0.15, 0.2) is 24.3 Å². The van der Waals surface area contributed by atoms with Crippen molar-refractivity contribution in [3.05, 3.63) is 35.6 Å². The van der Waals surface area contributed by atoms with E-state index in [1.807, 2.05) is 12.1 Å². The van der Waals surface area contributed by atoms with Crippen LogP contribution in [0.25, 0.3) is 0 Å². The van der Waals surface area contributed by atoms with Gasteiger partial charge in [-0.05, 0) is 43.9 Å². The molecule has 0 amide bonds. The average molecular weight is 265 g/mol. The third kappa shape index (κ3) is 6.72. The minimum Gasteiger partial charge on any atom is -0.311 e. The van der Waals surface area contributed by atoms with Gasteiger partial charge in [-0.15, -0.1) is 0 Å². The van der Waals surface area contributed by atoms with Crippen LogP contribution in [0.3, 0.4) is 0 Å². The predicted octanol–water partition coefficient (Wildman–Crippen LogP) is 4.71. The van der Waals surface area contributed by atoms with Crippen LogP contribution in [0.5, 0.6) is 0 Å². The van der Waals surface area contributed by atoms with Crippen molar-refractivity contribution in [1.82, 2.24) is 5.32 Å². The molecule has 1 rings (SSSR count). The molecule has 0 aliphatic carbocycles. The van der Waals surface area contributed by atoms with Crippen molar-refractivity contribution in [1.29, 1.82) is 0 Å². The highest BCUT2D eigenvalue weighted by molar-refractivity contribution is 5.17. The summed E-state index contributed by atoms with van der Waals surface area (Å²) in [7, 11) is 0. The first kappa shape index (κ1) is 16.2. The monoisotopic (exact) mass is 265 g/mol. The third-order valence-corrected chi connectivity index (χ3v) is 3.52. The largest absolute Gasteiger partial charge is 0.311 e. The molecule has 19 heavy (non-hydrogen) atoms. The van der Waals surface area contributed by atoms with Crippen molar-refractivity contribution in [3.8, 4) is 0 Å². The zero-order valence-corrected chi connectivity index (χ0v) is 12.6. The van der Waals surface area contributed by atoms with Gasteiger partial charge in [0.25, 0.3) is 0 Å². The fourth-order valence-electron chi connectivity index (χ4n) is 2.55. The zero-order chi connectivity index (χ0) is 14.1. The molecule has 0 aliphatic heterocycles. The van der Waals surface area contributed by atoms with Crippen molar-refractivity contribution in [2.24, 2.45) is 0 Å². The second kappa shape index (κ2) is 9.08. The molecule has 0 heterocycles. The van der Waals surface area contributed by atoms with Crippen molar-refractivity contribution in [2.45, 2.75) is 71.4 Å². The number of nitrogens with one attached hydrogen (secondary N) is 1. The van der Waals surface area contributed by atoms with Crippen molar-refractivity contribution in [3.63, 3.8) is 0 Å². The maximum Gasteiger partial charge on any atom is 0.123 e. The first-order chi connectivity index (χ1) is 9.15. The van der Waals surface area contributed by atoms with Crippen molar-refractivity contribution in [2.75, 3.05) is 0 Å². The Bertz CT molecular complexity index is 334. The lowest BCUT2D eigenvalue weighted by molar-refractivity contribution is 0.389. The van der Waals surface area contributed by atoms with Gasteiger partial charge in [-0.2, -0.15) is 0 Å². The SMILES string of the molecule is CCCCC(CCC)NC(C)Cc1ccc(F)cc1. The van der Waals surface area contributed by atoms with Gasteiger partial charge in [-0.1, -0.05) is 45.2 Å². The van der Waals surface area contributed by atoms with Crippen LogP contribution in [0.1, 0.15) is 58.4 Å². The Labute approximate surface area is 117 Å². The zero-order valence-electron chi connectivity index (χ0n) is 12.6. The molecule has 108 valence electrons. The first-order valence-electron chi connectivity index (χ1n) is 7.66. The Kier molecular flexibility index (Phi) is 7.73. The topological polar surface area (TPSA) is 12.0 Å². The maximum atomic E-state index is 12.9. The van der Waals surface area contributed by atoms with Crippen molar-refractivity contribution >= 4 is 0 Å². The van der Waals surface area contributed by atoms with E-state index in [1.165, 1.54) is 37.7 Å². The average Bonchev–Trinajstić information content (AvgIpc) is 2.39. The normalized spacial score (nSPS) is 14.3. The van der Waals surface area contributed by atoms with Crippen LogP contribution in [-0.2, 0) is 6.42 Å². The van der Waals surface area contributed by atoms with Gasteiger partial charge in [0, 0.05) is 12.1 Å². The maximum absolute atomic E-state index is 12.9. The number of unbranched alkanes of at least 4 members (excludes halogenated alkanes) is 1. The Hall–Kier alpha value is -0.890. The van der Waals surface area contributed by atoms with E-state index in [1.54, 1.807) is 12.1 Å². The molecule has 0 aromatic heterocycles. The molecule has 0 spiro atoms. The summed E-state index contributed by atoms with van der Waals surface area (Å²) >= 11 is 0. The molecule has 1 nitrogen and oxygen atoms in total. The molecule has 2 atom stereocenters. The van der Waals surface area contributed by atoms with E-state index in [4.69, 9.17) is 0 Å². The number of hydrogen-bond donors (Lipinski definition) is 1. The Morgan fingerprint density at radius 3 is 2.32 bits per heavy atom. The molecule has 1 aromatic rings. The van der Waals surface area contributed by atoms with Crippen LogP contribution in [0.4, 0.5) is 4.39 Å². The Morgan fingerprint density at radius 1 is 1.05 bits per heavy atom. The van der Waals surface area contributed by atoms with Gasteiger partial charge < -0.3 is 5.32 Å². The van der Waals surface area contributed by atoms with E-state index in [2.05, 4.69) is 26.1 Å². The third-order valence-electron chi connectivity index (χ3n) is 3.52. The number of hydrogen-bond acceptors (Lipinski definition) is 1. The quantitative estimate of drug-likeness (QED) is 0.682. The highest BCUT2D eigenvalue weighted by Crippen LogP contribution is 2.10. The molecular formula is C17H28FN. The van der Waals surface area contributed by atoms with E-state index >= 15 is 0 Å². The number of benzene rings is 1. The van der Waals surface area contributed by atoms with E-state index in [0.29, 0.717) is 12.1 Å². The van der Waals surface area contributed by atoms with Crippen LogP contribution in [0.2, 0.25) is 0 Å². The number of rotatable bonds is 9. The summed E-state index contributed by atoms with van der Waals surface area (Å²) in [4.78, 5) is 0. The minimum absolute atomic E-state index is 0.156. The second-order valence-corrected chi connectivity index (χ2v) is 5.53. The first-order valence-corrected chi connectivity index (χ1v) is 7.66. The number of halogens is 1. The molecule has 2 unspecified atom stereocenters. The van der Waals surface area contributed by atoms with E-state index < -0.39 is 0 Å². The van der Waals surface area contributed by atoms with Gasteiger partial charge in [-0.25, -0.2) is 4.39 Å². The predicted molar refractivity (Wildman–Crippen MR) is 80.9 cm³/mol. The summed E-state index contributed by atoms with van der Waals surface area (Å²) in [6, 6.07) is 7.92. The van der Waals surface area contributed by atoms with Gasteiger partial charge in [-0.3, -0.25) is 0 Å². The summed E-state index contributed by atoms with van der Waals surface area (Å²) in [6.07, 6.45) is 7.25. The fourth-order valence-corrected chi connectivity index (χ4v) is 2.55. The lowest BCUT2D eigenvalue weighted by Crippen LogP contribution is -2.37. The standard InChI is InChI=1S/C17H28FN/c1-4-6-8-17(7-5-2)19-14(3)13-15-9-11-16(18)12-10-15/h9-12,14,17,19H,4-8,13H2,1-3H3. The minimum atomic E-state index is -0.156. The molecule has 1 aromatic carbocycles. The summed E-state index contributed by atoms with van der Waals surface area (Å²) < 4.78 is 12.9. The molecule has 1 N–H and O–H groups in total. The second-order valence-electron chi connectivity index (χ2n) is 5.53. The highest BCUT2D eigenvalue weighted by Gasteiger charge is 2.11. The molecule has 0 saturated heterocycles. The van der Waals surface area contributed by atoms with Gasteiger partial charge in [0.1, 0.15) is 5.82 Å². The Morgan fingerprint density at radius 2 is 1.74 bits per heavy atom. The van der Waals surface area contributed by atoms with Crippen molar-refractivity contribution < 1.29 is 4.39 Å². The lowest BCUT2D eigenvalue weighted by atomic mass is 10.0. The van der Waals surface area contributed by atoms with Gasteiger partial charge in [0.2, 0.25) is 0 Å². The smallest absolute Gasteiger partial charge is 0.123 e.